The lowest BCUT2D eigenvalue weighted by Gasteiger charge is -2.12. The van der Waals surface area contributed by atoms with E-state index in [9.17, 15) is 19.2 Å². The van der Waals surface area contributed by atoms with Crippen molar-refractivity contribution in [2.75, 3.05) is 21.3 Å². The van der Waals surface area contributed by atoms with Crippen LogP contribution in [-0.2, 0) is 33.4 Å². The van der Waals surface area contributed by atoms with Gasteiger partial charge in [-0.15, -0.1) is 11.8 Å². The number of carbonyl (C=O) groups is 4. The molecule has 19 heavy (non-hydrogen) atoms. The van der Waals surface area contributed by atoms with Crippen molar-refractivity contribution < 1.29 is 33.4 Å². The molecule has 0 spiro atoms. The van der Waals surface area contributed by atoms with Crippen LogP contribution in [0.5, 0.6) is 0 Å². The Balaban J connectivity index is 2.92. The Labute approximate surface area is 113 Å². The van der Waals surface area contributed by atoms with Crippen LogP contribution in [0.2, 0.25) is 0 Å². The predicted octanol–water partition coefficient (Wildman–Crippen LogP) is -0.435. The van der Waals surface area contributed by atoms with Crippen LogP contribution in [0.25, 0.3) is 0 Å². The molecule has 1 fully saturated rings. The first-order valence-electron chi connectivity index (χ1n) is 5.37. The Hall–Kier alpha value is -1.57. The van der Waals surface area contributed by atoms with E-state index in [0.717, 1.165) is 26.0 Å². The van der Waals surface area contributed by atoms with E-state index in [2.05, 4.69) is 14.2 Å². The number of rotatable bonds is 4. The van der Waals surface area contributed by atoms with Gasteiger partial charge in [-0.25, -0.2) is 0 Å². The fourth-order valence-corrected chi connectivity index (χ4v) is 3.21. The topological polar surface area (TPSA) is 96.0 Å². The van der Waals surface area contributed by atoms with E-state index < -0.39 is 40.1 Å². The second kappa shape index (κ2) is 6.55. The van der Waals surface area contributed by atoms with Crippen LogP contribution in [0.4, 0.5) is 0 Å². The maximum atomic E-state index is 12.1. The van der Waals surface area contributed by atoms with Gasteiger partial charge in [-0.3, -0.25) is 19.2 Å². The monoisotopic (exact) mass is 290 g/mol. The van der Waals surface area contributed by atoms with Crippen molar-refractivity contribution in [2.24, 2.45) is 5.92 Å². The quantitative estimate of drug-likeness (QED) is 0.391. The molecule has 0 aliphatic carbocycles. The molecule has 0 N–H and O–H groups in total. The van der Waals surface area contributed by atoms with Gasteiger partial charge in [-0.1, -0.05) is 0 Å². The van der Waals surface area contributed by atoms with E-state index >= 15 is 0 Å². The molecular formula is C11H14O7S. The van der Waals surface area contributed by atoms with Crippen LogP contribution in [0.3, 0.4) is 0 Å². The lowest BCUT2D eigenvalue weighted by molar-refractivity contribution is -0.154. The highest BCUT2D eigenvalue weighted by Crippen LogP contribution is 2.38. The minimum Gasteiger partial charge on any atom is -0.469 e. The molecule has 3 atom stereocenters. The maximum Gasteiger partial charge on any atom is 0.320 e. The summed E-state index contributed by atoms with van der Waals surface area (Å²) in [6.07, 6.45) is -0.193. The van der Waals surface area contributed by atoms with Crippen molar-refractivity contribution in [3.63, 3.8) is 0 Å². The van der Waals surface area contributed by atoms with Gasteiger partial charge in [0.1, 0.15) is 11.2 Å². The average Bonchev–Trinajstić information content (AvgIpc) is 2.74. The first kappa shape index (κ1) is 15.5. The Kier molecular flexibility index (Phi) is 5.34. The van der Waals surface area contributed by atoms with Gasteiger partial charge < -0.3 is 14.2 Å². The number of ether oxygens (including phenoxy) is 3. The second-order valence-corrected chi connectivity index (χ2v) is 5.10. The molecule has 0 radical (unpaired) electrons. The molecule has 1 aliphatic rings. The molecule has 1 aliphatic heterocycles. The van der Waals surface area contributed by atoms with E-state index in [0.29, 0.717) is 0 Å². The number of esters is 3. The molecule has 0 aromatic heterocycles. The Bertz CT molecular complexity index is 406. The zero-order valence-electron chi connectivity index (χ0n) is 10.7. The minimum atomic E-state index is -1.24. The Morgan fingerprint density at radius 2 is 1.63 bits per heavy atom. The molecule has 1 rings (SSSR count). The van der Waals surface area contributed by atoms with Gasteiger partial charge in [0, 0.05) is 0 Å². The summed E-state index contributed by atoms with van der Waals surface area (Å²) in [4.78, 5) is 46.4. The lowest BCUT2D eigenvalue weighted by atomic mass is 9.97. The Morgan fingerprint density at radius 3 is 2.11 bits per heavy atom. The molecule has 0 aromatic carbocycles. The molecule has 0 unspecified atom stereocenters. The van der Waals surface area contributed by atoms with Crippen LogP contribution >= 0.6 is 11.8 Å². The normalized spacial score (nSPS) is 25.8. The zero-order chi connectivity index (χ0) is 14.6. The number of Topliss-reactive ketones (excluding diaryl/α,β-unsaturated/α-hetero) is 1. The van der Waals surface area contributed by atoms with Gasteiger partial charge in [0.2, 0.25) is 0 Å². The van der Waals surface area contributed by atoms with Crippen LogP contribution in [0.15, 0.2) is 0 Å². The van der Waals surface area contributed by atoms with E-state index in [1.807, 2.05) is 0 Å². The van der Waals surface area contributed by atoms with Crippen LogP contribution in [0, 0.1) is 5.92 Å². The van der Waals surface area contributed by atoms with Crippen molar-refractivity contribution in [1.29, 1.82) is 0 Å². The van der Waals surface area contributed by atoms with Gasteiger partial charge in [-0.05, 0) is 0 Å². The number of methoxy groups -OCH3 is 3. The number of thioether (sulfide) groups is 1. The SMILES string of the molecule is COC(=O)C[C@@H]1S[C@H](C(=O)OC)[C@H](C(=O)OC)C1=O. The molecule has 0 saturated carbocycles. The maximum absolute atomic E-state index is 12.1. The summed E-state index contributed by atoms with van der Waals surface area (Å²) in [6, 6.07) is 0. The standard InChI is InChI=1S/C11H14O7S/c1-16-6(12)4-5-8(13)7(10(14)17-2)9(19-5)11(15)18-3/h5,7,9H,4H2,1-3H3/t5-,7+,9-/m0/s1. The third-order valence-corrected chi connectivity index (χ3v) is 4.19. The predicted molar refractivity (Wildman–Crippen MR) is 64.3 cm³/mol. The van der Waals surface area contributed by atoms with Gasteiger partial charge in [0.05, 0.1) is 33.0 Å². The third kappa shape index (κ3) is 3.25. The van der Waals surface area contributed by atoms with Crippen molar-refractivity contribution in [1.82, 2.24) is 0 Å². The van der Waals surface area contributed by atoms with Crippen molar-refractivity contribution in [2.45, 2.75) is 16.9 Å². The molecule has 8 heteroatoms. The van der Waals surface area contributed by atoms with Crippen molar-refractivity contribution in [3.8, 4) is 0 Å². The van der Waals surface area contributed by atoms with Gasteiger partial charge in [-0.2, -0.15) is 0 Å². The Morgan fingerprint density at radius 1 is 1.05 bits per heavy atom. The van der Waals surface area contributed by atoms with Gasteiger partial charge in [0.15, 0.2) is 5.78 Å². The van der Waals surface area contributed by atoms with E-state index in [4.69, 9.17) is 0 Å². The zero-order valence-corrected chi connectivity index (χ0v) is 11.5. The number of hydrogen-bond donors (Lipinski definition) is 0. The summed E-state index contributed by atoms with van der Waals surface area (Å²) in [6.45, 7) is 0. The first-order valence-corrected chi connectivity index (χ1v) is 6.32. The van der Waals surface area contributed by atoms with Gasteiger partial charge >= 0.3 is 17.9 Å². The number of hydrogen-bond acceptors (Lipinski definition) is 8. The van der Waals surface area contributed by atoms with Gasteiger partial charge in [0.25, 0.3) is 0 Å². The largest absolute Gasteiger partial charge is 0.469 e. The van der Waals surface area contributed by atoms with E-state index in [1.54, 1.807) is 0 Å². The first-order chi connectivity index (χ1) is 8.96. The molecular weight excluding hydrogens is 276 g/mol. The van der Waals surface area contributed by atoms with Crippen LogP contribution in [-0.4, -0.2) is 55.5 Å². The highest BCUT2D eigenvalue weighted by atomic mass is 32.2. The minimum absolute atomic E-state index is 0.193. The molecule has 0 amide bonds. The number of carbonyl (C=O) groups excluding carboxylic acids is 4. The molecule has 106 valence electrons. The molecule has 1 heterocycles. The molecule has 7 nitrogen and oxygen atoms in total. The third-order valence-electron chi connectivity index (χ3n) is 2.71. The number of ketones is 1. The van der Waals surface area contributed by atoms with Crippen molar-refractivity contribution in [3.05, 3.63) is 0 Å². The highest BCUT2D eigenvalue weighted by molar-refractivity contribution is 8.02. The van der Waals surface area contributed by atoms with E-state index in [-0.39, 0.29) is 6.42 Å². The highest BCUT2D eigenvalue weighted by Gasteiger charge is 2.52. The fraction of sp³-hybridized carbons (Fsp3) is 0.636. The average molecular weight is 290 g/mol. The smallest absolute Gasteiger partial charge is 0.320 e. The molecule has 1 saturated heterocycles. The molecule has 0 aromatic rings. The summed E-state index contributed by atoms with van der Waals surface area (Å²) in [5.41, 5.74) is 0. The van der Waals surface area contributed by atoms with Crippen LogP contribution in [0.1, 0.15) is 6.42 Å². The summed E-state index contributed by atoms with van der Waals surface area (Å²) in [5, 5.41) is -1.79. The summed E-state index contributed by atoms with van der Waals surface area (Å²) in [5.74, 6) is -3.84. The fourth-order valence-electron chi connectivity index (χ4n) is 1.73. The second-order valence-electron chi connectivity index (χ2n) is 3.75. The summed E-state index contributed by atoms with van der Waals surface area (Å²) in [7, 11) is 3.49. The van der Waals surface area contributed by atoms with Crippen LogP contribution < -0.4 is 0 Å². The summed E-state index contributed by atoms with van der Waals surface area (Å²) < 4.78 is 13.5. The van der Waals surface area contributed by atoms with E-state index in [1.165, 1.54) is 7.11 Å². The molecule has 0 bridgehead atoms. The lowest BCUT2D eigenvalue weighted by Crippen LogP contribution is -2.35. The van der Waals surface area contributed by atoms with Crippen molar-refractivity contribution >= 4 is 35.5 Å². The summed E-state index contributed by atoms with van der Waals surface area (Å²) >= 11 is 0.921.